The summed E-state index contributed by atoms with van der Waals surface area (Å²) in [6.07, 6.45) is -0.983. The van der Waals surface area contributed by atoms with Crippen LogP contribution >= 0.6 is 15.9 Å². The SMILES string of the molecule is CC(N)C(O)c1cc(O)c(Br)c(F)c1. The number of aliphatic hydroxyl groups excluding tert-OH is 1. The first-order chi connectivity index (χ1) is 6.43. The summed E-state index contributed by atoms with van der Waals surface area (Å²) >= 11 is 2.86. The number of aromatic hydroxyl groups is 1. The lowest BCUT2D eigenvalue weighted by Crippen LogP contribution is -2.24. The molecule has 2 unspecified atom stereocenters. The second kappa shape index (κ2) is 4.25. The van der Waals surface area contributed by atoms with E-state index >= 15 is 0 Å². The quantitative estimate of drug-likeness (QED) is 0.761. The predicted octanol–water partition coefficient (Wildman–Crippen LogP) is 1.67. The van der Waals surface area contributed by atoms with Crippen LogP contribution in [-0.2, 0) is 0 Å². The van der Waals surface area contributed by atoms with E-state index in [0.717, 1.165) is 6.07 Å². The lowest BCUT2D eigenvalue weighted by molar-refractivity contribution is 0.152. The molecular formula is C9H11BrFNO2. The lowest BCUT2D eigenvalue weighted by Gasteiger charge is -2.15. The molecule has 0 saturated carbocycles. The Balaban J connectivity index is 3.12. The molecule has 3 nitrogen and oxygen atoms in total. The van der Waals surface area contributed by atoms with Crippen molar-refractivity contribution < 1.29 is 14.6 Å². The number of benzene rings is 1. The monoisotopic (exact) mass is 263 g/mol. The topological polar surface area (TPSA) is 66.5 Å². The summed E-state index contributed by atoms with van der Waals surface area (Å²) in [5.74, 6) is -0.876. The van der Waals surface area contributed by atoms with E-state index < -0.39 is 18.0 Å². The van der Waals surface area contributed by atoms with Crippen LogP contribution in [0, 0.1) is 5.82 Å². The van der Waals surface area contributed by atoms with Gasteiger partial charge in [0.1, 0.15) is 11.6 Å². The van der Waals surface area contributed by atoms with Crippen LogP contribution in [0.4, 0.5) is 4.39 Å². The fourth-order valence-corrected chi connectivity index (χ4v) is 1.30. The van der Waals surface area contributed by atoms with Gasteiger partial charge < -0.3 is 15.9 Å². The molecule has 0 amide bonds. The van der Waals surface area contributed by atoms with Crippen molar-refractivity contribution in [3.8, 4) is 5.75 Å². The molecule has 1 rings (SSSR count). The molecule has 14 heavy (non-hydrogen) atoms. The molecule has 0 aliphatic rings. The number of phenolic OH excluding ortho intramolecular Hbond substituents is 1. The smallest absolute Gasteiger partial charge is 0.141 e. The summed E-state index contributed by atoms with van der Waals surface area (Å²) in [5, 5.41) is 18.8. The molecule has 0 heterocycles. The molecule has 2 atom stereocenters. The van der Waals surface area contributed by atoms with Crippen molar-refractivity contribution in [3.05, 3.63) is 28.0 Å². The fraction of sp³-hybridized carbons (Fsp3) is 0.333. The van der Waals surface area contributed by atoms with Gasteiger partial charge in [0.25, 0.3) is 0 Å². The average molecular weight is 264 g/mol. The van der Waals surface area contributed by atoms with Crippen molar-refractivity contribution >= 4 is 15.9 Å². The van der Waals surface area contributed by atoms with E-state index in [1.807, 2.05) is 0 Å². The maximum Gasteiger partial charge on any atom is 0.141 e. The number of phenols is 1. The van der Waals surface area contributed by atoms with Crippen molar-refractivity contribution in [2.24, 2.45) is 5.73 Å². The summed E-state index contributed by atoms with van der Waals surface area (Å²) in [4.78, 5) is 0. The van der Waals surface area contributed by atoms with Crippen LogP contribution < -0.4 is 5.73 Å². The highest BCUT2D eigenvalue weighted by atomic mass is 79.9. The second-order valence-corrected chi connectivity index (χ2v) is 3.93. The van der Waals surface area contributed by atoms with Crippen LogP contribution in [0.5, 0.6) is 5.75 Å². The predicted molar refractivity (Wildman–Crippen MR) is 54.4 cm³/mol. The largest absolute Gasteiger partial charge is 0.507 e. The number of rotatable bonds is 2. The Kier molecular flexibility index (Phi) is 3.47. The number of halogens is 2. The van der Waals surface area contributed by atoms with E-state index in [0.29, 0.717) is 0 Å². The number of aliphatic hydroxyl groups is 1. The van der Waals surface area contributed by atoms with Gasteiger partial charge in [-0.25, -0.2) is 4.39 Å². The highest BCUT2D eigenvalue weighted by molar-refractivity contribution is 9.10. The molecule has 78 valence electrons. The summed E-state index contributed by atoms with van der Waals surface area (Å²) < 4.78 is 13.1. The van der Waals surface area contributed by atoms with Crippen LogP contribution in [0.15, 0.2) is 16.6 Å². The van der Waals surface area contributed by atoms with E-state index in [1.54, 1.807) is 6.92 Å². The van der Waals surface area contributed by atoms with Crippen LogP contribution in [0.3, 0.4) is 0 Å². The molecule has 5 heteroatoms. The molecular weight excluding hydrogens is 253 g/mol. The van der Waals surface area contributed by atoms with Crippen LogP contribution in [-0.4, -0.2) is 16.3 Å². The molecule has 4 N–H and O–H groups in total. The van der Waals surface area contributed by atoms with Crippen LogP contribution in [0.25, 0.3) is 0 Å². The first-order valence-corrected chi connectivity index (χ1v) is 4.84. The third kappa shape index (κ3) is 2.23. The number of hydrogen-bond acceptors (Lipinski definition) is 3. The molecule has 0 saturated heterocycles. The van der Waals surface area contributed by atoms with Crippen LogP contribution in [0.2, 0.25) is 0 Å². The Labute approximate surface area is 89.5 Å². The molecule has 1 aromatic rings. The Morgan fingerprint density at radius 2 is 2.07 bits per heavy atom. The summed E-state index contributed by atoms with van der Waals surface area (Å²) in [7, 11) is 0. The third-order valence-electron chi connectivity index (χ3n) is 1.87. The van der Waals surface area contributed by atoms with E-state index in [4.69, 9.17) is 5.73 Å². The first kappa shape index (κ1) is 11.4. The Morgan fingerprint density at radius 1 is 1.50 bits per heavy atom. The fourth-order valence-electron chi connectivity index (χ4n) is 1.07. The number of nitrogens with two attached hydrogens (primary N) is 1. The highest BCUT2D eigenvalue weighted by Crippen LogP contribution is 2.30. The first-order valence-electron chi connectivity index (χ1n) is 4.05. The van der Waals surface area contributed by atoms with E-state index in [1.165, 1.54) is 6.07 Å². The summed E-state index contributed by atoms with van der Waals surface area (Å²) in [6.45, 7) is 1.60. The molecule has 0 aliphatic heterocycles. The van der Waals surface area contributed by atoms with Crippen LogP contribution in [0.1, 0.15) is 18.6 Å². The van der Waals surface area contributed by atoms with Gasteiger partial charge in [0.15, 0.2) is 0 Å². The van der Waals surface area contributed by atoms with Gasteiger partial charge in [0, 0.05) is 6.04 Å². The molecule has 0 aromatic heterocycles. The van der Waals surface area contributed by atoms with Gasteiger partial charge in [0.2, 0.25) is 0 Å². The van der Waals surface area contributed by atoms with Gasteiger partial charge in [-0.15, -0.1) is 0 Å². The summed E-state index contributed by atoms with van der Waals surface area (Å²) in [6, 6.07) is 1.90. The zero-order valence-electron chi connectivity index (χ0n) is 7.54. The maximum absolute atomic E-state index is 13.1. The Bertz CT molecular complexity index is 321. The van der Waals surface area contributed by atoms with Crippen molar-refractivity contribution in [2.75, 3.05) is 0 Å². The van der Waals surface area contributed by atoms with E-state index in [9.17, 15) is 14.6 Å². The van der Waals surface area contributed by atoms with Crippen molar-refractivity contribution in [2.45, 2.75) is 19.1 Å². The van der Waals surface area contributed by atoms with Crippen molar-refractivity contribution in [3.63, 3.8) is 0 Å². The summed E-state index contributed by atoms with van der Waals surface area (Å²) in [5.41, 5.74) is 5.70. The van der Waals surface area contributed by atoms with Crippen molar-refractivity contribution in [1.82, 2.24) is 0 Å². The minimum absolute atomic E-state index is 0.0156. The van der Waals surface area contributed by atoms with Crippen molar-refractivity contribution in [1.29, 1.82) is 0 Å². The molecule has 0 fully saturated rings. The van der Waals surface area contributed by atoms with Gasteiger partial charge in [0.05, 0.1) is 10.6 Å². The minimum atomic E-state index is -0.983. The maximum atomic E-state index is 13.1. The second-order valence-electron chi connectivity index (χ2n) is 3.14. The Morgan fingerprint density at radius 3 is 2.50 bits per heavy atom. The van der Waals surface area contributed by atoms with E-state index in [-0.39, 0.29) is 15.8 Å². The molecule has 0 aliphatic carbocycles. The molecule has 1 aromatic carbocycles. The van der Waals surface area contributed by atoms with Gasteiger partial charge in [-0.3, -0.25) is 0 Å². The zero-order chi connectivity index (χ0) is 10.9. The minimum Gasteiger partial charge on any atom is -0.507 e. The average Bonchev–Trinajstić information content (AvgIpc) is 2.12. The van der Waals surface area contributed by atoms with Gasteiger partial charge in [-0.2, -0.15) is 0 Å². The normalized spacial score (nSPS) is 15.2. The van der Waals surface area contributed by atoms with Gasteiger partial charge in [-0.05, 0) is 40.5 Å². The molecule has 0 bridgehead atoms. The van der Waals surface area contributed by atoms with Gasteiger partial charge >= 0.3 is 0 Å². The molecule has 0 spiro atoms. The standard InChI is InChI=1S/C9H11BrFNO2/c1-4(12)9(14)5-2-6(11)8(10)7(13)3-5/h2-4,9,13-14H,12H2,1H3. The Hall–Kier alpha value is -0.650. The lowest BCUT2D eigenvalue weighted by atomic mass is 10.0. The van der Waals surface area contributed by atoms with E-state index in [2.05, 4.69) is 15.9 Å². The highest BCUT2D eigenvalue weighted by Gasteiger charge is 2.16. The van der Waals surface area contributed by atoms with Gasteiger partial charge in [-0.1, -0.05) is 0 Å². The molecule has 0 radical (unpaired) electrons. The zero-order valence-corrected chi connectivity index (χ0v) is 9.12. The number of hydrogen-bond donors (Lipinski definition) is 3. The third-order valence-corrected chi connectivity index (χ3v) is 2.66.